The molecule has 30 heavy (non-hydrogen) atoms. The fourth-order valence-corrected chi connectivity index (χ4v) is 4.73. The topological polar surface area (TPSA) is 86.8 Å². The number of sulfonamides is 1. The number of carbonyl (C=O) groups is 2. The van der Waals surface area contributed by atoms with Gasteiger partial charge in [0.2, 0.25) is 21.8 Å². The Hall–Kier alpha value is -2.87. The largest absolute Gasteiger partial charge is 0.324 e. The van der Waals surface area contributed by atoms with Gasteiger partial charge in [-0.1, -0.05) is 6.07 Å². The maximum absolute atomic E-state index is 12.8. The van der Waals surface area contributed by atoms with E-state index in [1.54, 1.807) is 48.2 Å². The maximum Gasteiger partial charge on any atom is 0.247 e. The zero-order valence-electron chi connectivity index (χ0n) is 17.7. The number of nitrogens with zero attached hydrogens (tertiary/aromatic N) is 2. The number of carbonyl (C=O) groups excluding carboxylic acids is 2. The van der Waals surface area contributed by atoms with Gasteiger partial charge in [-0.15, -0.1) is 0 Å². The highest BCUT2D eigenvalue weighted by Gasteiger charge is 2.29. The van der Waals surface area contributed by atoms with Crippen molar-refractivity contribution in [2.45, 2.75) is 39.7 Å². The first-order chi connectivity index (χ1) is 14.1. The molecular weight excluding hydrogens is 402 g/mol. The van der Waals surface area contributed by atoms with Crippen molar-refractivity contribution in [3.8, 4) is 0 Å². The van der Waals surface area contributed by atoms with Gasteiger partial charge in [0.1, 0.15) is 6.04 Å². The number of nitrogens with one attached hydrogen (secondary N) is 1. The first kappa shape index (κ1) is 21.8. The number of benzene rings is 2. The van der Waals surface area contributed by atoms with Crippen LogP contribution in [0.15, 0.2) is 42.5 Å². The van der Waals surface area contributed by atoms with Crippen LogP contribution in [0.5, 0.6) is 0 Å². The fraction of sp³-hybridized carbons (Fsp3) is 0.364. The standard InChI is InChI=1S/C22H27N3O4S/c1-15-7-10-20(14-16(15)2)25(30(4,28)29)17(3)22(27)23-18-8-11-19(12-9-18)24-13-5-6-21(24)26/h7-12,14,17H,5-6,13H2,1-4H3,(H,23,27)/t17-/m0/s1. The Balaban J connectivity index is 1.78. The van der Waals surface area contributed by atoms with Crippen LogP contribution in [0.3, 0.4) is 0 Å². The number of rotatable bonds is 6. The van der Waals surface area contributed by atoms with Crippen LogP contribution in [-0.4, -0.2) is 39.1 Å². The lowest BCUT2D eigenvalue weighted by molar-refractivity contribution is -0.117. The molecule has 160 valence electrons. The number of amides is 2. The minimum absolute atomic E-state index is 0.0950. The number of anilines is 3. The monoisotopic (exact) mass is 429 g/mol. The highest BCUT2D eigenvalue weighted by molar-refractivity contribution is 7.92. The molecule has 1 heterocycles. The van der Waals surface area contributed by atoms with Gasteiger partial charge in [0.05, 0.1) is 11.9 Å². The van der Waals surface area contributed by atoms with E-state index in [-0.39, 0.29) is 5.91 Å². The molecule has 3 rings (SSSR count). The van der Waals surface area contributed by atoms with Gasteiger partial charge in [-0.25, -0.2) is 8.42 Å². The first-order valence-electron chi connectivity index (χ1n) is 9.86. The van der Waals surface area contributed by atoms with Crippen LogP contribution in [0, 0.1) is 13.8 Å². The molecular formula is C22H27N3O4S. The van der Waals surface area contributed by atoms with Gasteiger partial charge in [0, 0.05) is 24.3 Å². The van der Waals surface area contributed by atoms with Crippen molar-refractivity contribution < 1.29 is 18.0 Å². The van der Waals surface area contributed by atoms with Gasteiger partial charge in [-0.05, 0) is 74.7 Å². The zero-order chi connectivity index (χ0) is 22.1. The second kappa shape index (κ2) is 8.47. The third-order valence-corrected chi connectivity index (χ3v) is 6.60. The summed E-state index contributed by atoms with van der Waals surface area (Å²) in [6, 6.07) is 11.4. The van der Waals surface area contributed by atoms with Crippen LogP contribution in [0.25, 0.3) is 0 Å². The molecule has 1 aliphatic rings. The molecule has 0 unspecified atom stereocenters. The summed E-state index contributed by atoms with van der Waals surface area (Å²) < 4.78 is 26.0. The molecule has 2 aromatic carbocycles. The van der Waals surface area contributed by atoms with E-state index in [2.05, 4.69) is 5.32 Å². The molecule has 1 saturated heterocycles. The highest BCUT2D eigenvalue weighted by atomic mass is 32.2. The van der Waals surface area contributed by atoms with E-state index in [4.69, 9.17) is 0 Å². The lowest BCUT2D eigenvalue weighted by Gasteiger charge is -2.28. The molecule has 0 aliphatic carbocycles. The summed E-state index contributed by atoms with van der Waals surface area (Å²) in [4.78, 5) is 26.4. The normalized spacial score (nSPS) is 15.2. The van der Waals surface area contributed by atoms with Gasteiger partial charge in [0.25, 0.3) is 0 Å². The molecule has 0 aromatic heterocycles. The molecule has 0 radical (unpaired) electrons. The third kappa shape index (κ3) is 4.64. The summed E-state index contributed by atoms with van der Waals surface area (Å²) in [5, 5.41) is 2.77. The maximum atomic E-state index is 12.8. The lowest BCUT2D eigenvalue weighted by Crippen LogP contribution is -2.45. The Kier molecular flexibility index (Phi) is 6.17. The molecule has 1 fully saturated rings. The Morgan fingerprint density at radius 1 is 1.10 bits per heavy atom. The molecule has 0 spiro atoms. The van der Waals surface area contributed by atoms with Crippen molar-refractivity contribution in [1.29, 1.82) is 0 Å². The van der Waals surface area contributed by atoms with E-state index >= 15 is 0 Å². The van der Waals surface area contributed by atoms with Gasteiger partial charge < -0.3 is 10.2 Å². The molecule has 2 amide bonds. The molecule has 0 bridgehead atoms. The van der Waals surface area contributed by atoms with Crippen LogP contribution >= 0.6 is 0 Å². The minimum atomic E-state index is -3.68. The molecule has 1 N–H and O–H groups in total. The van der Waals surface area contributed by atoms with E-state index in [0.717, 1.165) is 33.8 Å². The van der Waals surface area contributed by atoms with Crippen LogP contribution < -0.4 is 14.5 Å². The van der Waals surface area contributed by atoms with Crippen molar-refractivity contribution in [1.82, 2.24) is 0 Å². The van der Waals surface area contributed by atoms with Crippen LogP contribution in [0.4, 0.5) is 17.1 Å². The van der Waals surface area contributed by atoms with E-state index in [9.17, 15) is 18.0 Å². The molecule has 7 nitrogen and oxygen atoms in total. The summed E-state index contributed by atoms with van der Waals surface area (Å²) in [5.74, 6) is -0.346. The molecule has 2 aromatic rings. The predicted molar refractivity (Wildman–Crippen MR) is 119 cm³/mol. The van der Waals surface area contributed by atoms with Crippen molar-refractivity contribution in [2.24, 2.45) is 0 Å². The predicted octanol–water partition coefficient (Wildman–Crippen LogP) is 3.22. The SMILES string of the molecule is Cc1ccc(N([C@@H](C)C(=O)Nc2ccc(N3CCCC3=O)cc2)S(C)(=O)=O)cc1C. The van der Waals surface area contributed by atoms with Crippen molar-refractivity contribution in [3.05, 3.63) is 53.6 Å². The van der Waals surface area contributed by atoms with E-state index in [0.29, 0.717) is 24.3 Å². The average Bonchev–Trinajstić information content (AvgIpc) is 3.10. The number of hydrogen-bond donors (Lipinski definition) is 1. The highest BCUT2D eigenvalue weighted by Crippen LogP contribution is 2.26. The van der Waals surface area contributed by atoms with Gasteiger partial charge in [-0.2, -0.15) is 0 Å². The van der Waals surface area contributed by atoms with E-state index in [1.807, 2.05) is 19.9 Å². The third-order valence-electron chi connectivity index (χ3n) is 5.35. The van der Waals surface area contributed by atoms with Crippen molar-refractivity contribution in [2.75, 3.05) is 27.3 Å². The summed E-state index contributed by atoms with van der Waals surface area (Å²) in [7, 11) is -3.68. The second-order valence-electron chi connectivity index (χ2n) is 7.69. The summed E-state index contributed by atoms with van der Waals surface area (Å²) in [6.07, 6.45) is 2.48. The Morgan fingerprint density at radius 3 is 2.30 bits per heavy atom. The van der Waals surface area contributed by atoms with Gasteiger partial charge in [0.15, 0.2) is 0 Å². The average molecular weight is 430 g/mol. The number of hydrogen-bond acceptors (Lipinski definition) is 4. The molecule has 0 saturated carbocycles. The van der Waals surface area contributed by atoms with Crippen molar-refractivity contribution >= 4 is 38.9 Å². The number of aryl methyl sites for hydroxylation is 2. The summed E-state index contributed by atoms with van der Waals surface area (Å²) >= 11 is 0. The molecule has 1 aliphatic heterocycles. The summed E-state index contributed by atoms with van der Waals surface area (Å²) in [5.41, 5.74) is 3.76. The Bertz CT molecular complexity index is 1060. The van der Waals surface area contributed by atoms with Gasteiger partial charge >= 0.3 is 0 Å². The first-order valence-corrected chi connectivity index (χ1v) is 11.7. The Morgan fingerprint density at radius 2 is 1.77 bits per heavy atom. The van der Waals surface area contributed by atoms with Crippen LogP contribution in [-0.2, 0) is 19.6 Å². The molecule has 1 atom stereocenters. The van der Waals surface area contributed by atoms with E-state index < -0.39 is 22.0 Å². The fourth-order valence-electron chi connectivity index (χ4n) is 3.56. The van der Waals surface area contributed by atoms with Gasteiger partial charge in [-0.3, -0.25) is 13.9 Å². The quantitative estimate of drug-likeness (QED) is 0.764. The Labute approximate surface area is 177 Å². The minimum Gasteiger partial charge on any atom is -0.324 e. The zero-order valence-corrected chi connectivity index (χ0v) is 18.5. The second-order valence-corrected chi connectivity index (χ2v) is 9.55. The lowest BCUT2D eigenvalue weighted by atomic mass is 10.1. The smallest absolute Gasteiger partial charge is 0.247 e. The van der Waals surface area contributed by atoms with Crippen LogP contribution in [0.2, 0.25) is 0 Å². The van der Waals surface area contributed by atoms with Crippen molar-refractivity contribution in [3.63, 3.8) is 0 Å². The van der Waals surface area contributed by atoms with Crippen LogP contribution in [0.1, 0.15) is 30.9 Å². The summed E-state index contributed by atoms with van der Waals surface area (Å²) in [6.45, 7) is 6.10. The molecule has 8 heteroatoms. The van der Waals surface area contributed by atoms with E-state index in [1.165, 1.54) is 0 Å².